The smallest absolute Gasteiger partial charge is 0.293 e. The largest absolute Gasteiger partial charge is 0.484 e. The molecular formula is C22H18ClFN4O3. The first kappa shape index (κ1) is 20.6. The van der Waals surface area contributed by atoms with Gasteiger partial charge in [0, 0.05) is 5.56 Å². The molecule has 2 heterocycles. The van der Waals surface area contributed by atoms with Gasteiger partial charge in [-0.2, -0.15) is 0 Å². The molecule has 9 heteroatoms. The van der Waals surface area contributed by atoms with Gasteiger partial charge in [0.2, 0.25) is 5.95 Å². The Balaban J connectivity index is 1.36. The number of ether oxygens (including phenoxy) is 1. The van der Waals surface area contributed by atoms with Crippen molar-refractivity contribution in [3.63, 3.8) is 0 Å². The second-order valence-electron chi connectivity index (χ2n) is 6.75. The van der Waals surface area contributed by atoms with E-state index in [1.165, 1.54) is 23.1 Å². The quantitative estimate of drug-likeness (QED) is 0.444. The highest BCUT2D eigenvalue weighted by Gasteiger charge is 2.15. The van der Waals surface area contributed by atoms with Crippen LogP contribution in [0.5, 0.6) is 5.75 Å². The number of halogens is 2. The summed E-state index contributed by atoms with van der Waals surface area (Å²) >= 11 is 6.15. The van der Waals surface area contributed by atoms with Crippen LogP contribution < -0.4 is 10.1 Å². The van der Waals surface area contributed by atoms with Gasteiger partial charge in [0.1, 0.15) is 30.3 Å². The van der Waals surface area contributed by atoms with Crippen LogP contribution in [0.2, 0.25) is 5.02 Å². The Hall–Kier alpha value is -3.65. The summed E-state index contributed by atoms with van der Waals surface area (Å²) in [7, 11) is 0. The normalized spacial score (nSPS) is 10.8. The molecule has 31 heavy (non-hydrogen) atoms. The number of furan rings is 1. The van der Waals surface area contributed by atoms with E-state index in [2.05, 4.69) is 15.4 Å². The first-order valence-electron chi connectivity index (χ1n) is 9.40. The lowest BCUT2D eigenvalue weighted by Gasteiger charge is -2.09. The average molecular weight is 441 g/mol. The molecular weight excluding hydrogens is 423 g/mol. The average Bonchev–Trinajstić information content (AvgIpc) is 3.39. The molecule has 7 nitrogen and oxygen atoms in total. The van der Waals surface area contributed by atoms with Gasteiger partial charge in [-0.1, -0.05) is 41.9 Å². The monoisotopic (exact) mass is 440 g/mol. The second-order valence-corrected chi connectivity index (χ2v) is 7.16. The number of para-hydroxylation sites is 1. The molecule has 0 saturated carbocycles. The fourth-order valence-corrected chi connectivity index (χ4v) is 3.19. The molecule has 1 N–H and O–H groups in total. The third-order valence-corrected chi connectivity index (χ3v) is 4.76. The molecule has 0 saturated heterocycles. The van der Waals surface area contributed by atoms with E-state index in [-0.39, 0.29) is 30.7 Å². The zero-order valence-electron chi connectivity index (χ0n) is 16.5. The van der Waals surface area contributed by atoms with E-state index in [1.807, 2.05) is 19.1 Å². The van der Waals surface area contributed by atoms with Crippen LogP contribution in [0.4, 0.5) is 10.3 Å². The Morgan fingerprint density at radius 3 is 2.84 bits per heavy atom. The molecule has 0 aliphatic heterocycles. The Kier molecular flexibility index (Phi) is 5.99. The van der Waals surface area contributed by atoms with E-state index in [0.29, 0.717) is 22.1 Å². The van der Waals surface area contributed by atoms with Gasteiger partial charge in [-0.15, -0.1) is 5.10 Å². The van der Waals surface area contributed by atoms with Crippen LogP contribution in [-0.2, 0) is 13.2 Å². The van der Waals surface area contributed by atoms with Crippen molar-refractivity contribution in [3.05, 3.63) is 94.4 Å². The van der Waals surface area contributed by atoms with E-state index in [1.54, 1.807) is 30.3 Å². The minimum atomic E-state index is -0.510. The number of rotatable bonds is 7. The Morgan fingerprint density at radius 2 is 2.03 bits per heavy atom. The summed E-state index contributed by atoms with van der Waals surface area (Å²) in [6.07, 6.45) is 1.41. The highest BCUT2D eigenvalue weighted by molar-refractivity contribution is 6.32. The van der Waals surface area contributed by atoms with E-state index in [0.717, 1.165) is 5.56 Å². The molecule has 4 rings (SSSR count). The number of carbonyl (C=O) groups is 1. The van der Waals surface area contributed by atoms with Gasteiger partial charge in [0.05, 0.1) is 11.6 Å². The van der Waals surface area contributed by atoms with Crippen molar-refractivity contribution in [2.24, 2.45) is 0 Å². The summed E-state index contributed by atoms with van der Waals surface area (Å²) in [4.78, 5) is 16.4. The zero-order chi connectivity index (χ0) is 21.8. The predicted molar refractivity (Wildman–Crippen MR) is 113 cm³/mol. The maximum absolute atomic E-state index is 13.8. The number of hydrogen-bond donors (Lipinski definition) is 1. The zero-order valence-corrected chi connectivity index (χ0v) is 17.3. The Bertz CT molecular complexity index is 1200. The van der Waals surface area contributed by atoms with Crippen LogP contribution in [0.25, 0.3) is 0 Å². The SMILES string of the molecule is Cc1cccc(Cl)c1OCc1ccc(C(=O)Nc2ncn(Cc3ccccc3F)n2)o1. The lowest BCUT2D eigenvalue weighted by molar-refractivity contribution is 0.0991. The number of carbonyl (C=O) groups excluding carboxylic acids is 1. The maximum atomic E-state index is 13.8. The molecule has 0 fully saturated rings. The summed E-state index contributed by atoms with van der Waals surface area (Å²) < 4.78 is 26.5. The number of anilines is 1. The molecule has 0 spiro atoms. The molecule has 2 aromatic carbocycles. The van der Waals surface area contributed by atoms with Gasteiger partial charge in [-0.3, -0.25) is 10.1 Å². The summed E-state index contributed by atoms with van der Waals surface area (Å²) in [5, 5.41) is 7.19. The molecule has 4 aromatic rings. The van der Waals surface area contributed by atoms with Gasteiger partial charge in [-0.25, -0.2) is 14.1 Å². The van der Waals surface area contributed by atoms with Crippen molar-refractivity contribution in [2.45, 2.75) is 20.1 Å². The van der Waals surface area contributed by atoms with E-state index >= 15 is 0 Å². The molecule has 2 aromatic heterocycles. The van der Waals surface area contributed by atoms with Crippen molar-refractivity contribution in [1.82, 2.24) is 14.8 Å². The fourth-order valence-electron chi connectivity index (χ4n) is 2.91. The summed E-state index contributed by atoms with van der Waals surface area (Å²) in [6.45, 7) is 2.20. The third kappa shape index (κ3) is 4.92. The minimum Gasteiger partial charge on any atom is -0.484 e. The third-order valence-electron chi connectivity index (χ3n) is 4.46. The molecule has 158 valence electrons. The first-order chi connectivity index (χ1) is 15.0. The Labute approximate surface area is 182 Å². The van der Waals surface area contributed by atoms with Crippen molar-refractivity contribution < 1.29 is 18.3 Å². The molecule has 0 unspecified atom stereocenters. The van der Waals surface area contributed by atoms with Crippen LogP contribution in [0.3, 0.4) is 0 Å². The van der Waals surface area contributed by atoms with E-state index in [4.69, 9.17) is 20.8 Å². The van der Waals surface area contributed by atoms with Crippen LogP contribution in [-0.4, -0.2) is 20.7 Å². The second kappa shape index (κ2) is 9.01. The van der Waals surface area contributed by atoms with Crippen molar-refractivity contribution in [3.8, 4) is 5.75 Å². The molecule has 0 atom stereocenters. The lowest BCUT2D eigenvalue weighted by Crippen LogP contribution is -2.13. The first-order valence-corrected chi connectivity index (χ1v) is 9.78. The molecule has 0 aliphatic carbocycles. The van der Waals surface area contributed by atoms with Gasteiger partial charge < -0.3 is 9.15 Å². The Morgan fingerprint density at radius 1 is 1.19 bits per heavy atom. The van der Waals surface area contributed by atoms with Gasteiger partial charge >= 0.3 is 0 Å². The van der Waals surface area contributed by atoms with Gasteiger partial charge in [0.25, 0.3) is 5.91 Å². The van der Waals surface area contributed by atoms with Crippen molar-refractivity contribution in [2.75, 3.05) is 5.32 Å². The standard InChI is InChI=1S/C22H18ClFN4O3/c1-14-5-4-7-17(23)20(14)30-12-16-9-10-19(31-16)21(29)26-22-25-13-28(27-22)11-15-6-2-3-8-18(15)24/h2-10,13H,11-12H2,1H3,(H,26,27,29). The van der Waals surface area contributed by atoms with Crippen LogP contribution in [0.15, 0.2) is 65.3 Å². The van der Waals surface area contributed by atoms with Gasteiger partial charge in [-0.05, 0) is 36.8 Å². The molecule has 0 radical (unpaired) electrons. The summed E-state index contributed by atoms with van der Waals surface area (Å²) in [6, 6.07) is 15.0. The number of amides is 1. The van der Waals surface area contributed by atoms with Crippen LogP contribution in [0, 0.1) is 12.7 Å². The number of hydrogen-bond acceptors (Lipinski definition) is 5. The van der Waals surface area contributed by atoms with Crippen LogP contribution >= 0.6 is 11.6 Å². The molecule has 0 bridgehead atoms. The topological polar surface area (TPSA) is 82.2 Å². The fraction of sp³-hybridized carbons (Fsp3) is 0.136. The predicted octanol–water partition coefficient (Wildman–Crippen LogP) is 4.85. The number of benzene rings is 2. The highest BCUT2D eigenvalue weighted by Crippen LogP contribution is 2.28. The highest BCUT2D eigenvalue weighted by atomic mass is 35.5. The number of nitrogens with one attached hydrogen (secondary N) is 1. The van der Waals surface area contributed by atoms with Crippen molar-refractivity contribution in [1.29, 1.82) is 0 Å². The minimum absolute atomic E-state index is 0.0833. The lowest BCUT2D eigenvalue weighted by atomic mass is 10.2. The molecule has 0 aliphatic rings. The summed E-state index contributed by atoms with van der Waals surface area (Å²) in [5.74, 6) is 0.352. The summed E-state index contributed by atoms with van der Waals surface area (Å²) in [5.41, 5.74) is 1.36. The van der Waals surface area contributed by atoms with E-state index < -0.39 is 5.91 Å². The van der Waals surface area contributed by atoms with Crippen LogP contribution in [0.1, 0.15) is 27.4 Å². The van der Waals surface area contributed by atoms with Gasteiger partial charge in [0.15, 0.2) is 5.76 Å². The van der Waals surface area contributed by atoms with E-state index in [9.17, 15) is 9.18 Å². The number of aromatic nitrogens is 3. The number of nitrogens with zero attached hydrogens (tertiary/aromatic N) is 3. The van der Waals surface area contributed by atoms with Crippen molar-refractivity contribution >= 4 is 23.5 Å². The maximum Gasteiger partial charge on any atom is 0.293 e. The number of aryl methyl sites for hydroxylation is 1. The molecule has 1 amide bonds.